The Labute approximate surface area is 221 Å². The highest BCUT2D eigenvalue weighted by Crippen LogP contribution is 2.29. The molecule has 0 saturated heterocycles. The van der Waals surface area contributed by atoms with Crippen molar-refractivity contribution in [3.8, 4) is 22.6 Å². The third-order valence-electron chi connectivity index (χ3n) is 6.02. The molecule has 0 aliphatic carbocycles. The summed E-state index contributed by atoms with van der Waals surface area (Å²) in [5.74, 6) is 0.945. The van der Waals surface area contributed by atoms with E-state index in [1.165, 1.54) is 0 Å². The highest BCUT2D eigenvalue weighted by Gasteiger charge is 2.18. The molecule has 0 atom stereocenters. The van der Waals surface area contributed by atoms with Crippen LogP contribution >= 0.6 is 0 Å². The van der Waals surface area contributed by atoms with E-state index in [1.54, 1.807) is 36.4 Å². The summed E-state index contributed by atoms with van der Waals surface area (Å²) < 4.78 is 5.83. The van der Waals surface area contributed by atoms with Gasteiger partial charge in [0.15, 0.2) is 0 Å². The number of rotatable bonds is 8. The Hall–Kier alpha value is -5.16. The van der Waals surface area contributed by atoms with Crippen molar-refractivity contribution in [2.45, 2.75) is 6.54 Å². The smallest absolute Gasteiger partial charge is 0.256 e. The Morgan fingerprint density at radius 2 is 1.03 bits per heavy atom. The third-order valence-corrected chi connectivity index (χ3v) is 6.02. The second-order valence-electron chi connectivity index (χ2n) is 8.65. The van der Waals surface area contributed by atoms with E-state index in [-0.39, 0.29) is 11.8 Å². The van der Waals surface area contributed by atoms with E-state index in [0.717, 1.165) is 11.3 Å². The van der Waals surface area contributed by atoms with E-state index in [1.807, 2.05) is 97.1 Å². The molecule has 186 valence electrons. The second kappa shape index (κ2) is 11.7. The molecule has 2 amide bonds. The molecule has 0 bridgehead atoms. The van der Waals surface area contributed by atoms with Crippen molar-refractivity contribution >= 4 is 17.5 Å². The molecule has 0 spiro atoms. The Bertz CT molecular complexity index is 1530. The molecule has 0 aliphatic heterocycles. The van der Waals surface area contributed by atoms with Gasteiger partial charge in [0.25, 0.3) is 11.8 Å². The highest BCUT2D eigenvalue weighted by molar-refractivity contribution is 6.11. The van der Waals surface area contributed by atoms with Gasteiger partial charge in [0.2, 0.25) is 0 Å². The summed E-state index contributed by atoms with van der Waals surface area (Å²) in [6.45, 7) is 0.417. The third kappa shape index (κ3) is 5.97. The van der Waals surface area contributed by atoms with Crippen LogP contribution in [0.4, 0.5) is 5.69 Å². The minimum Gasteiger partial charge on any atom is -0.457 e. The van der Waals surface area contributed by atoms with E-state index in [0.29, 0.717) is 40.2 Å². The van der Waals surface area contributed by atoms with E-state index in [9.17, 15) is 9.59 Å². The van der Waals surface area contributed by atoms with Crippen molar-refractivity contribution in [2.24, 2.45) is 0 Å². The summed E-state index contributed by atoms with van der Waals surface area (Å²) in [4.78, 5) is 26.5. The predicted octanol–water partition coefficient (Wildman–Crippen LogP) is 7.33. The maximum absolute atomic E-state index is 13.3. The number of carbonyl (C=O) groups is 2. The van der Waals surface area contributed by atoms with Gasteiger partial charge in [-0.15, -0.1) is 0 Å². The van der Waals surface area contributed by atoms with Gasteiger partial charge in [0.05, 0.1) is 0 Å². The SMILES string of the molecule is O=C(NCc1ccccc1)c1ccccc1-c1ccccc1C(=O)Nc1ccc(Oc2ccccc2)cc1. The maximum Gasteiger partial charge on any atom is 0.256 e. The number of para-hydroxylation sites is 1. The molecule has 5 aromatic rings. The predicted molar refractivity (Wildman–Crippen MR) is 150 cm³/mol. The molecule has 0 fully saturated rings. The fourth-order valence-corrected chi connectivity index (χ4v) is 4.13. The number of hydrogen-bond acceptors (Lipinski definition) is 3. The van der Waals surface area contributed by atoms with Crippen LogP contribution in [0.25, 0.3) is 11.1 Å². The highest BCUT2D eigenvalue weighted by atomic mass is 16.5. The van der Waals surface area contributed by atoms with Gasteiger partial charge < -0.3 is 15.4 Å². The van der Waals surface area contributed by atoms with Crippen LogP contribution in [0.2, 0.25) is 0 Å². The molecule has 0 saturated carbocycles. The Balaban J connectivity index is 1.33. The molecule has 5 rings (SSSR count). The first-order chi connectivity index (χ1) is 18.7. The van der Waals surface area contributed by atoms with Gasteiger partial charge in [0, 0.05) is 23.4 Å². The minimum absolute atomic E-state index is 0.200. The number of anilines is 1. The monoisotopic (exact) mass is 498 g/mol. The average molecular weight is 499 g/mol. The summed E-state index contributed by atoms with van der Waals surface area (Å²) >= 11 is 0. The molecular formula is C33H26N2O3. The first-order valence-corrected chi connectivity index (χ1v) is 12.3. The lowest BCUT2D eigenvalue weighted by molar-refractivity contribution is 0.0950. The van der Waals surface area contributed by atoms with Gasteiger partial charge in [-0.3, -0.25) is 9.59 Å². The molecule has 0 aliphatic rings. The Morgan fingerprint density at radius 1 is 0.526 bits per heavy atom. The molecule has 0 unspecified atom stereocenters. The van der Waals surface area contributed by atoms with Crippen LogP contribution in [0.15, 0.2) is 133 Å². The molecular weight excluding hydrogens is 472 g/mol. The number of amides is 2. The molecule has 5 aromatic carbocycles. The molecule has 5 nitrogen and oxygen atoms in total. The van der Waals surface area contributed by atoms with Crippen LogP contribution in [0, 0.1) is 0 Å². The average Bonchev–Trinajstić information content (AvgIpc) is 2.98. The molecule has 0 heterocycles. The fourth-order valence-electron chi connectivity index (χ4n) is 4.13. The normalized spacial score (nSPS) is 10.4. The van der Waals surface area contributed by atoms with Gasteiger partial charge in [-0.2, -0.15) is 0 Å². The maximum atomic E-state index is 13.3. The molecule has 5 heteroatoms. The van der Waals surface area contributed by atoms with E-state index in [2.05, 4.69) is 10.6 Å². The van der Waals surface area contributed by atoms with Crippen LogP contribution in [0.5, 0.6) is 11.5 Å². The van der Waals surface area contributed by atoms with Gasteiger partial charge in [-0.1, -0.05) is 84.9 Å². The quantitative estimate of drug-likeness (QED) is 0.235. The molecule has 0 radical (unpaired) electrons. The first-order valence-electron chi connectivity index (χ1n) is 12.3. The number of ether oxygens (including phenoxy) is 1. The van der Waals surface area contributed by atoms with Crippen molar-refractivity contribution in [2.75, 3.05) is 5.32 Å². The summed E-state index contributed by atoms with van der Waals surface area (Å²) in [6.07, 6.45) is 0. The number of hydrogen-bond donors (Lipinski definition) is 2. The summed E-state index contributed by atoms with van der Waals surface area (Å²) in [5, 5.41) is 5.94. The number of carbonyl (C=O) groups excluding carboxylic acids is 2. The lowest BCUT2D eigenvalue weighted by Crippen LogP contribution is -2.23. The zero-order chi connectivity index (χ0) is 26.2. The zero-order valence-electron chi connectivity index (χ0n) is 20.6. The minimum atomic E-state index is -0.267. The van der Waals surface area contributed by atoms with Crippen LogP contribution in [-0.2, 0) is 6.54 Å². The van der Waals surface area contributed by atoms with Gasteiger partial charge >= 0.3 is 0 Å². The summed E-state index contributed by atoms with van der Waals surface area (Å²) in [6, 6.07) is 41.1. The van der Waals surface area contributed by atoms with Crippen molar-refractivity contribution in [1.82, 2.24) is 5.32 Å². The fraction of sp³-hybridized carbons (Fsp3) is 0.0303. The zero-order valence-corrected chi connectivity index (χ0v) is 20.6. The van der Waals surface area contributed by atoms with Gasteiger partial charge in [-0.25, -0.2) is 0 Å². The second-order valence-corrected chi connectivity index (χ2v) is 8.65. The van der Waals surface area contributed by atoms with Crippen molar-refractivity contribution < 1.29 is 14.3 Å². The van der Waals surface area contributed by atoms with E-state index < -0.39 is 0 Å². The van der Waals surface area contributed by atoms with E-state index >= 15 is 0 Å². The van der Waals surface area contributed by atoms with Crippen LogP contribution in [-0.4, -0.2) is 11.8 Å². The summed E-state index contributed by atoms with van der Waals surface area (Å²) in [7, 11) is 0. The van der Waals surface area contributed by atoms with Crippen molar-refractivity contribution in [3.63, 3.8) is 0 Å². The number of benzene rings is 5. The van der Waals surface area contributed by atoms with Gasteiger partial charge in [-0.05, 0) is 65.2 Å². The Kier molecular flexibility index (Phi) is 7.56. The topological polar surface area (TPSA) is 67.4 Å². The largest absolute Gasteiger partial charge is 0.457 e. The first kappa shape index (κ1) is 24.5. The Morgan fingerprint density at radius 3 is 1.66 bits per heavy atom. The summed E-state index contributed by atoms with van der Waals surface area (Å²) in [5.41, 5.74) is 4.00. The molecule has 2 N–H and O–H groups in total. The lowest BCUT2D eigenvalue weighted by Gasteiger charge is -2.14. The lowest BCUT2D eigenvalue weighted by atomic mass is 9.94. The molecule has 38 heavy (non-hydrogen) atoms. The number of nitrogens with one attached hydrogen (secondary N) is 2. The van der Waals surface area contributed by atoms with Crippen LogP contribution in [0.3, 0.4) is 0 Å². The van der Waals surface area contributed by atoms with Crippen LogP contribution < -0.4 is 15.4 Å². The van der Waals surface area contributed by atoms with Crippen molar-refractivity contribution in [3.05, 3.63) is 150 Å². The van der Waals surface area contributed by atoms with Crippen molar-refractivity contribution in [1.29, 1.82) is 0 Å². The van der Waals surface area contributed by atoms with Crippen LogP contribution in [0.1, 0.15) is 26.3 Å². The molecule has 0 aromatic heterocycles. The van der Waals surface area contributed by atoms with E-state index in [4.69, 9.17) is 4.74 Å². The standard InChI is InChI=1S/C33H26N2O3/c36-32(34-23-24-11-3-1-4-12-24)30-17-9-7-15-28(30)29-16-8-10-18-31(29)33(37)35-25-19-21-27(22-20-25)38-26-13-5-2-6-14-26/h1-22H,23H2,(H,34,36)(H,35,37). The van der Waals surface area contributed by atoms with Gasteiger partial charge in [0.1, 0.15) is 11.5 Å².